The van der Waals surface area contributed by atoms with Gasteiger partial charge < -0.3 is 0 Å². The van der Waals surface area contributed by atoms with Crippen LogP contribution in [-0.2, 0) is 0 Å². The van der Waals surface area contributed by atoms with Gasteiger partial charge in [0, 0.05) is 11.1 Å². The average molecular weight is 472 g/mol. The summed E-state index contributed by atoms with van der Waals surface area (Å²) in [6.07, 6.45) is 0. The van der Waals surface area contributed by atoms with E-state index in [1.807, 2.05) is 0 Å². The molecular formula is C29H16N2O5. The lowest BCUT2D eigenvalue weighted by Crippen LogP contribution is -2.29. The number of rotatable bonds is 4. The van der Waals surface area contributed by atoms with Gasteiger partial charge in [0.2, 0.25) is 0 Å². The Balaban J connectivity index is 1.33. The second kappa shape index (κ2) is 7.95. The number of fused-ring (bicyclic) bond motifs is 2. The molecule has 4 aromatic rings. The molecule has 0 bridgehead atoms. The summed E-state index contributed by atoms with van der Waals surface area (Å²) < 4.78 is 0. The van der Waals surface area contributed by atoms with Gasteiger partial charge in [0.15, 0.2) is 5.78 Å². The third-order valence-corrected chi connectivity index (χ3v) is 6.33. The fourth-order valence-electron chi connectivity index (χ4n) is 4.55. The highest BCUT2D eigenvalue weighted by Crippen LogP contribution is 2.31. The molecule has 6 rings (SSSR count). The van der Waals surface area contributed by atoms with E-state index in [9.17, 15) is 24.0 Å². The van der Waals surface area contributed by atoms with Gasteiger partial charge in [-0.15, -0.1) is 0 Å². The molecule has 7 heteroatoms. The maximum Gasteiger partial charge on any atom is 0.266 e. The van der Waals surface area contributed by atoms with Gasteiger partial charge in [0.05, 0.1) is 33.6 Å². The number of amides is 4. The van der Waals surface area contributed by atoms with Gasteiger partial charge in [-0.3, -0.25) is 24.0 Å². The van der Waals surface area contributed by atoms with Crippen molar-refractivity contribution >= 4 is 40.8 Å². The first kappa shape index (κ1) is 21.4. The van der Waals surface area contributed by atoms with Crippen LogP contribution in [0.3, 0.4) is 0 Å². The molecule has 2 heterocycles. The SMILES string of the molecule is O=C(c1ccc2c(c1)C(=O)N(c1ccccc1)C2=O)c1ccc2c(c1)C(=O)N(c1ccccc1)C2=O. The van der Waals surface area contributed by atoms with Crippen molar-refractivity contribution in [3.8, 4) is 0 Å². The van der Waals surface area contributed by atoms with E-state index < -0.39 is 29.4 Å². The van der Waals surface area contributed by atoms with Crippen LogP contribution in [0.25, 0.3) is 0 Å². The summed E-state index contributed by atoms with van der Waals surface area (Å²) in [6.45, 7) is 0. The largest absolute Gasteiger partial charge is 0.289 e. The Morgan fingerprint density at radius 2 is 0.806 bits per heavy atom. The lowest BCUT2D eigenvalue weighted by molar-refractivity contribution is 0.0910. The first-order valence-electron chi connectivity index (χ1n) is 11.2. The normalized spacial score (nSPS) is 14.3. The summed E-state index contributed by atoms with van der Waals surface area (Å²) in [4.78, 5) is 67.2. The van der Waals surface area contributed by atoms with Crippen molar-refractivity contribution in [2.75, 3.05) is 9.80 Å². The Morgan fingerprint density at radius 1 is 0.444 bits per heavy atom. The summed E-state index contributed by atoms with van der Waals surface area (Å²) in [6, 6.07) is 25.8. The maximum absolute atomic E-state index is 13.3. The predicted octanol–water partition coefficient (Wildman–Crippen LogP) is 4.52. The second-order valence-corrected chi connectivity index (χ2v) is 8.41. The van der Waals surface area contributed by atoms with Gasteiger partial charge in [-0.1, -0.05) is 48.5 Å². The number of anilines is 2. The fraction of sp³-hybridized carbons (Fsp3) is 0. The third-order valence-electron chi connectivity index (χ3n) is 6.33. The summed E-state index contributed by atoms with van der Waals surface area (Å²) >= 11 is 0. The zero-order chi connectivity index (χ0) is 25.0. The highest BCUT2D eigenvalue weighted by atomic mass is 16.2. The first-order chi connectivity index (χ1) is 17.5. The molecule has 7 nitrogen and oxygen atoms in total. The Morgan fingerprint density at radius 3 is 1.19 bits per heavy atom. The minimum absolute atomic E-state index is 0.136. The van der Waals surface area contributed by atoms with E-state index in [0.717, 1.165) is 9.80 Å². The molecule has 0 unspecified atom stereocenters. The van der Waals surface area contributed by atoms with Crippen molar-refractivity contribution in [3.05, 3.63) is 130 Å². The van der Waals surface area contributed by atoms with E-state index in [0.29, 0.717) is 11.4 Å². The lowest BCUT2D eigenvalue weighted by Gasteiger charge is -2.13. The molecular weight excluding hydrogens is 456 g/mol. The molecule has 0 aromatic heterocycles. The van der Waals surface area contributed by atoms with Gasteiger partial charge in [0.1, 0.15) is 0 Å². The zero-order valence-electron chi connectivity index (χ0n) is 18.7. The van der Waals surface area contributed by atoms with Crippen LogP contribution >= 0.6 is 0 Å². The summed E-state index contributed by atoms with van der Waals surface area (Å²) in [5, 5.41) is 0. The summed E-state index contributed by atoms with van der Waals surface area (Å²) in [5.41, 5.74) is 1.99. The van der Waals surface area contributed by atoms with Crippen molar-refractivity contribution in [2.24, 2.45) is 0 Å². The number of para-hydroxylation sites is 2. The number of carbonyl (C=O) groups is 5. The number of imide groups is 2. The summed E-state index contributed by atoms with van der Waals surface area (Å²) in [5.74, 6) is -2.36. The van der Waals surface area contributed by atoms with Crippen LogP contribution in [0.4, 0.5) is 11.4 Å². The molecule has 2 aliphatic rings. The predicted molar refractivity (Wildman–Crippen MR) is 131 cm³/mol. The second-order valence-electron chi connectivity index (χ2n) is 8.41. The van der Waals surface area contributed by atoms with E-state index in [2.05, 4.69) is 0 Å². The number of hydrogen-bond acceptors (Lipinski definition) is 5. The number of hydrogen-bond donors (Lipinski definition) is 0. The molecule has 4 amide bonds. The van der Waals surface area contributed by atoms with Gasteiger partial charge in [-0.25, -0.2) is 9.80 Å². The minimum atomic E-state index is -0.510. The van der Waals surface area contributed by atoms with Gasteiger partial charge in [-0.05, 0) is 48.5 Å². The standard InChI is InChI=1S/C29H16N2O5/c32-25(17-11-13-21-23(15-17)28(35)30(26(21)33)19-7-3-1-4-8-19)18-12-14-22-24(16-18)29(36)31(27(22)34)20-9-5-2-6-10-20/h1-16H. The Hall–Kier alpha value is -5.17. The van der Waals surface area contributed by atoms with Gasteiger partial charge in [0.25, 0.3) is 23.6 Å². The molecule has 2 aliphatic heterocycles. The molecule has 0 atom stereocenters. The fourth-order valence-corrected chi connectivity index (χ4v) is 4.55. The van der Waals surface area contributed by atoms with Gasteiger partial charge in [-0.2, -0.15) is 0 Å². The van der Waals surface area contributed by atoms with Crippen molar-refractivity contribution in [1.29, 1.82) is 0 Å². The highest BCUT2D eigenvalue weighted by Gasteiger charge is 2.38. The monoisotopic (exact) mass is 472 g/mol. The molecule has 4 aromatic carbocycles. The van der Waals surface area contributed by atoms with E-state index in [1.165, 1.54) is 36.4 Å². The van der Waals surface area contributed by atoms with E-state index in [4.69, 9.17) is 0 Å². The maximum atomic E-state index is 13.3. The van der Waals surface area contributed by atoms with Crippen LogP contribution in [-0.4, -0.2) is 29.4 Å². The molecule has 0 fully saturated rings. The lowest BCUT2D eigenvalue weighted by atomic mass is 9.96. The number of carbonyl (C=O) groups excluding carboxylic acids is 5. The van der Waals surface area contributed by atoms with E-state index in [1.54, 1.807) is 60.7 Å². The summed E-state index contributed by atoms with van der Waals surface area (Å²) in [7, 11) is 0. The van der Waals surface area contributed by atoms with Crippen molar-refractivity contribution in [1.82, 2.24) is 0 Å². The Labute approximate surface area is 205 Å². The minimum Gasteiger partial charge on any atom is -0.289 e. The molecule has 172 valence electrons. The van der Waals surface area contributed by atoms with Crippen molar-refractivity contribution in [3.63, 3.8) is 0 Å². The third kappa shape index (κ3) is 3.10. The van der Waals surface area contributed by atoms with Crippen LogP contribution in [0.1, 0.15) is 57.4 Å². The van der Waals surface area contributed by atoms with Crippen LogP contribution < -0.4 is 9.80 Å². The quantitative estimate of drug-likeness (QED) is 0.322. The Kier molecular flexibility index (Phi) is 4.72. The van der Waals surface area contributed by atoms with Crippen molar-refractivity contribution < 1.29 is 24.0 Å². The topological polar surface area (TPSA) is 91.8 Å². The average Bonchev–Trinajstić information content (AvgIpc) is 3.32. The number of ketones is 1. The van der Waals surface area contributed by atoms with Crippen molar-refractivity contribution in [2.45, 2.75) is 0 Å². The highest BCUT2D eigenvalue weighted by molar-refractivity contribution is 6.36. The van der Waals surface area contributed by atoms with Crippen LogP contribution in [0.15, 0.2) is 97.1 Å². The Bertz CT molecular complexity index is 1510. The molecule has 36 heavy (non-hydrogen) atoms. The number of benzene rings is 4. The smallest absolute Gasteiger partial charge is 0.266 e. The van der Waals surface area contributed by atoms with Crippen LogP contribution in [0.2, 0.25) is 0 Å². The molecule has 0 radical (unpaired) electrons. The first-order valence-corrected chi connectivity index (χ1v) is 11.2. The zero-order valence-corrected chi connectivity index (χ0v) is 18.7. The molecule has 0 saturated carbocycles. The molecule has 0 aliphatic carbocycles. The van der Waals surface area contributed by atoms with Crippen LogP contribution in [0, 0.1) is 0 Å². The van der Waals surface area contributed by atoms with E-state index >= 15 is 0 Å². The van der Waals surface area contributed by atoms with Crippen LogP contribution in [0.5, 0.6) is 0 Å². The van der Waals surface area contributed by atoms with Gasteiger partial charge >= 0.3 is 0 Å². The molecule has 0 N–H and O–H groups in total. The number of nitrogens with zero attached hydrogens (tertiary/aromatic N) is 2. The molecule has 0 saturated heterocycles. The van der Waals surface area contributed by atoms with E-state index in [-0.39, 0.29) is 33.4 Å². The molecule has 0 spiro atoms.